The molecule has 0 radical (unpaired) electrons. The maximum Gasteiger partial charge on any atom is 0.228 e. The molecule has 1 saturated carbocycles. The number of rotatable bonds is 2. The summed E-state index contributed by atoms with van der Waals surface area (Å²) in [6, 6.07) is 0.281. The van der Waals surface area contributed by atoms with Crippen molar-refractivity contribution in [1.82, 2.24) is 10.6 Å². The fraction of sp³-hybridized carbons (Fsp3) is 0.933. The molecule has 5 atom stereocenters. The average Bonchev–Trinajstić information content (AvgIpc) is 3.13. The molecule has 2 bridgehead atoms. The molecule has 114 valence electrons. The van der Waals surface area contributed by atoms with Crippen LogP contribution in [0.5, 0.6) is 0 Å². The summed E-state index contributed by atoms with van der Waals surface area (Å²) in [5, 5.41) is 6.79. The minimum Gasteiger partial charge on any atom is -0.373 e. The number of hydrogen-bond acceptors (Lipinski definition) is 3. The first-order valence-corrected chi connectivity index (χ1v) is 7.95. The van der Waals surface area contributed by atoms with E-state index in [9.17, 15) is 4.79 Å². The van der Waals surface area contributed by atoms with Gasteiger partial charge < -0.3 is 15.4 Å². The lowest BCUT2D eigenvalue weighted by molar-refractivity contribution is -0.135. The van der Waals surface area contributed by atoms with Gasteiger partial charge >= 0.3 is 0 Å². The predicted octanol–water partition coefficient (Wildman–Crippen LogP) is 1.62. The van der Waals surface area contributed by atoms with Crippen LogP contribution in [0.4, 0.5) is 0 Å². The first-order chi connectivity index (χ1) is 9.28. The Morgan fingerprint density at radius 1 is 1.25 bits per heavy atom. The van der Waals surface area contributed by atoms with Gasteiger partial charge in [-0.1, -0.05) is 12.8 Å². The fourth-order valence-electron chi connectivity index (χ4n) is 4.79. The molecular formula is C15H25ClN2O2. The van der Waals surface area contributed by atoms with E-state index in [1.165, 1.54) is 25.7 Å². The third-order valence-electron chi connectivity index (χ3n) is 5.91. The topological polar surface area (TPSA) is 50.4 Å². The van der Waals surface area contributed by atoms with Crippen molar-refractivity contribution in [1.29, 1.82) is 0 Å². The second kappa shape index (κ2) is 5.47. The van der Waals surface area contributed by atoms with Crippen LogP contribution in [0.25, 0.3) is 0 Å². The first kappa shape index (κ1) is 14.6. The number of amides is 1. The van der Waals surface area contributed by atoms with E-state index in [4.69, 9.17) is 4.74 Å². The Kier molecular flexibility index (Phi) is 3.99. The lowest BCUT2D eigenvalue weighted by atomic mass is 9.67. The van der Waals surface area contributed by atoms with Gasteiger partial charge in [0.25, 0.3) is 0 Å². The van der Waals surface area contributed by atoms with Crippen LogP contribution in [0.1, 0.15) is 44.9 Å². The number of ether oxygens (including phenoxy) is 1. The van der Waals surface area contributed by atoms with E-state index >= 15 is 0 Å². The number of carbonyl (C=O) groups is 1. The molecule has 3 saturated heterocycles. The number of fused-ring (bicyclic) bond motifs is 3. The molecule has 0 spiro atoms. The van der Waals surface area contributed by atoms with Crippen molar-refractivity contribution in [3.05, 3.63) is 0 Å². The molecule has 0 unspecified atom stereocenters. The van der Waals surface area contributed by atoms with Crippen LogP contribution in [0.2, 0.25) is 0 Å². The molecule has 20 heavy (non-hydrogen) atoms. The summed E-state index contributed by atoms with van der Waals surface area (Å²) in [7, 11) is 0. The van der Waals surface area contributed by atoms with E-state index < -0.39 is 0 Å². The minimum atomic E-state index is -0.111. The van der Waals surface area contributed by atoms with Crippen molar-refractivity contribution in [2.45, 2.75) is 63.2 Å². The molecule has 0 aromatic heterocycles. The van der Waals surface area contributed by atoms with Crippen LogP contribution < -0.4 is 10.6 Å². The fourth-order valence-corrected chi connectivity index (χ4v) is 4.79. The van der Waals surface area contributed by atoms with Crippen LogP contribution in [0.3, 0.4) is 0 Å². The Balaban J connectivity index is 0.00000121. The van der Waals surface area contributed by atoms with Crippen LogP contribution in [-0.2, 0) is 9.53 Å². The van der Waals surface area contributed by atoms with E-state index in [-0.39, 0.29) is 23.9 Å². The summed E-state index contributed by atoms with van der Waals surface area (Å²) >= 11 is 0. The van der Waals surface area contributed by atoms with Gasteiger partial charge in [-0.2, -0.15) is 0 Å². The maximum atomic E-state index is 12.8. The quantitative estimate of drug-likeness (QED) is 0.815. The van der Waals surface area contributed by atoms with Crippen LogP contribution in [0, 0.1) is 11.3 Å². The molecule has 4 rings (SSSR count). The molecule has 5 heteroatoms. The Labute approximate surface area is 126 Å². The lowest BCUT2D eigenvalue weighted by Gasteiger charge is -2.38. The highest BCUT2D eigenvalue weighted by Gasteiger charge is 2.51. The smallest absolute Gasteiger partial charge is 0.228 e. The van der Waals surface area contributed by atoms with Gasteiger partial charge in [0.2, 0.25) is 5.91 Å². The molecule has 2 N–H and O–H groups in total. The van der Waals surface area contributed by atoms with E-state index in [2.05, 4.69) is 10.6 Å². The number of hydrogen-bond donors (Lipinski definition) is 2. The Morgan fingerprint density at radius 2 is 2.15 bits per heavy atom. The van der Waals surface area contributed by atoms with E-state index in [1.807, 2.05) is 0 Å². The van der Waals surface area contributed by atoms with Gasteiger partial charge in [-0.25, -0.2) is 0 Å². The van der Waals surface area contributed by atoms with Crippen molar-refractivity contribution >= 4 is 18.3 Å². The van der Waals surface area contributed by atoms with Gasteiger partial charge in [0.05, 0.1) is 23.7 Å². The molecule has 1 aliphatic carbocycles. The van der Waals surface area contributed by atoms with Crippen LogP contribution >= 0.6 is 12.4 Å². The summed E-state index contributed by atoms with van der Waals surface area (Å²) in [4.78, 5) is 12.8. The zero-order valence-corrected chi connectivity index (χ0v) is 12.7. The van der Waals surface area contributed by atoms with Crippen LogP contribution in [0.15, 0.2) is 0 Å². The zero-order chi connectivity index (χ0) is 12.9. The zero-order valence-electron chi connectivity index (χ0n) is 11.9. The van der Waals surface area contributed by atoms with Gasteiger partial charge in [0, 0.05) is 6.54 Å². The van der Waals surface area contributed by atoms with E-state index in [1.54, 1.807) is 0 Å². The first-order valence-electron chi connectivity index (χ1n) is 7.95. The molecule has 3 heterocycles. The summed E-state index contributed by atoms with van der Waals surface area (Å²) in [5.41, 5.74) is -0.111. The van der Waals surface area contributed by atoms with Crippen molar-refractivity contribution in [2.24, 2.45) is 11.3 Å². The maximum absolute atomic E-state index is 12.8. The van der Waals surface area contributed by atoms with Gasteiger partial charge in [-0.05, 0) is 44.6 Å². The monoisotopic (exact) mass is 300 g/mol. The summed E-state index contributed by atoms with van der Waals surface area (Å²) in [6.07, 6.45) is 8.84. The summed E-state index contributed by atoms with van der Waals surface area (Å²) in [6.45, 7) is 1.91. The van der Waals surface area contributed by atoms with Crippen molar-refractivity contribution in [2.75, 3.05) is 13.1 Å². The molecule has 4 nitrogen and oxygen atoms in total. The highest BCUT2D eigenvalue weighted by molar-refractivity contribution is 5.85. The average molecular weight is 301 g/mol. The van der Waals surface area contributed by atoms with Crippen molar-refractivity contribution in [3.63, 3.8) is 0 Å². The second-order valence-corrected chi connectivity index (χ2v) is 6.92. The van der Waals surface area contributed by atoms with Gasteiger partial charge in [0.15, 0.2) is 0 Å². The molecule has 0 aromatic carbocycles. The predicted molar refractivity (Wildman–Crippen MR) is 79.0 cm³/mol. The molecule has 3 aliphatic heterocycles. The van der Waals surface area contributed by atoms with Gasteiger partial charge in [0.1, 0.15) is 0 Å². The standard InChI is InChI=1S/C15H24N2O2.ClH/c18-14(17-12-7-11-4-5-13(12)19-11)15-6-2-1-3-10(15)8-16-9-15;/h10-13,16H,1-9H2,(H,17,18);1H/t10-,11+,12+,13-,15+;/m0./s1. The summed E-state index contributed by atoms with van der Waals surface area (Å²) < 4.78 is 5.85. The lowest BCUT2D eigenvalue weighted by Crippen LogP contribution is -2.52. The third kappa shape index (κ3) is 2.16. The highest BCUT2D eigenvalue weighted by Crippen LogP contribution is 2.44. The van der Waals surface area contributed by atoms with Gasteiger partial charge in [-0.3, -0.25) is 4.79 Å². The number of halogens is 1. The molecule has 4 fully saturated rings. The Hall–Kier alpha value is -0.320. The van der Waals surface area contributed by atoms with Crippen LogP contribution in [-0.4, -0.2) is 37.2 Å². The van der Waals surface area contributed by atoms with Crippen molar-refractivity contribution < 1.29 is 9.53 Å². The van der Waals surface area contributed by atoms with E-state index in [0.717, 1.165) is 32.4 Å². The highest BCUT2D eigenvalue weighted by atomic mass is 35.5. The Bertz CT molecular complexity index is 392. The summed E-state index contributed by atoms with van der Waals surface area (Å²) in [5.74, 6) is 0.865. The molecule has 4 aliphatic rings. The van der Waals surface area contributed by atoms with Crippen molar-refractivity contribution in [3.8, 4) is 0 Å². The second-order valence-electron chi connectivity index (χ2n) is 6.92. The normalized spacial score (nSPS) is 45.8. The molecule has 0 aromatic rings. The number of carbonyl (C=O) groups excluding carboxylic acids is 1. The molecule has 1 amide bonds. The largest absolute Gasteiger partial charge is 0.373 e. The van der Waals surface area contributed by atoms with Gasteiger partial charge in [-0.15, -0.1) is 12.4 Å². The minimum absolute atomic E-state index is 0. The Morgan fingerprint density at radius 3 is 2.90 bits per heavy atom. The van der Waals surface area contributed by atoms with E-state index in [0.29, 0.717) is 24.0 Å². The molecular weight excluding hydrogens is 276 g/mol. The SMILES string of the molecule is Cl.O=C(N[C@@H]1C[C@H]2CC[C@@H]1O2)[C@@]12CCCC[C@H]1CNC2. The third-order valence-corrected chi connectivity index (χ3v) is 5.91. The number of nitrogens with one attached hydrogen (secondary N) is 2.